The highest BCUT2D eigenvalue weighted by atomic mass is 32.1. The quantitative estimate of drug-likeness (QED) is 0.776. The van der Waals surface area contributed by atoms with E-state index in [1.807, 2.05) is 20.8 Å². The fourth-order valence-electron chi connectivity index (χ4n) is 2.09. The lowest BCUT2D eigenvalue weighted by Gasteiger charge is -2.03. The van der Waals surface area contributed by atoms with Gasteiger partial charge in [0, 0.05) is 11.6 Å². The Morgan fingerprint density at radius 2 is 2.18 bits per heavy atom. The first-order chi connectivity index (χ1) is 10.4. The van der Waals surface area contributed by atoms with E-state index in [9.17, 15) is 9.59 Å². The number of rotatable bonds is 3. The van der Waals surface area contributed by atoms with Crippen LogP contribution in [-0.2, 0) is 0 Å². The summed E-state index contributed by atoms with van der Waals surface area (Å²) in [5.41, 5.74) is 2.32. The Morgan fingerprint density at radius 3 is 2.86 bits per heavy atom. The molecule has 0 aliphatic heterocycles. The van der Waals surface area contributed by atoms with Gasteiger partial charge in [-0.2, -0.15) is 0 Å². The standard InChI is InChI=1S/C15H15N3O3S/c1-7(2)14-16-8(3)12(22-14)13(19)17-9-4-5-11-10(6-9)18-15(20)21-11/h4-7H,1-3H3,(H,17,19)(H,18,20). The van der Waals surface area contributed by atoms with E-state index in [-0.39, 0.29) is 11.8 Å². The number of carbonyl (C=O) groups is 1. The maximum atomic E-state index is 12.4. The molecule has 0 radical (unpaired) electrons. The second-order valence-corrected chi connectivity index (χ2v) is 6.33. The molecule has 0 atom stereocenters. The number of aryl methyl sites for hydroxylation is 1. The van der Waals surface area contributed by atoms with Crippen molar-refractivity contribution < 1.29 is 9.21 Å². The summed E-state index contributed by atoms with van der Waals surface area (Å²) < 4.78 is 4.93. The van der Waals surface area contributed by atoms with E-state index in [0.717, 1.165) is 10.7 Å². The van der Waals surface area contributed by atoms with E-state index < -0.39 is 5.76 Å². The smallest absolute Gasteiger partial charge is 0.408 e. The highest BCUT2D eigenvalue weighted by Gasteiger charge is 2.17. The molecular weight excluding hydrogens is 302 g/mol. The van der Waals surface area contributed by atoms with Crippen molar-refractivity contribution in [1.82, 2.24) is 9.97 Å². The number of amides is 1. The molecule has 1 aromatic carbocycles. The van der Waals surface area contributed by atoms with E-state index in [1.165, 1.54) is 11.3 Å². The average Bonchev–Trinajstić information content (AvgIpc) is 3.00. The van der Waals surface area contributed by atoms with Gasteiger partial charge in [-0.05, 0) is 25.1 Å². The summed E-state index contributed by atoms with van der Waals surface area (Å²) in [5.74, 6) is -0.428. The number of anilines is 1. The molecule has 0 bridgehead atoms. The number of H-pyrrole nitrogens is 1. The molecular formula is C15H15N3O3S. The van der Waals surface area contributed by atoms with E-state index in [0.29, 0.717) is 21.7 Å². The topological polar surface area (TPSA) is 88.0 Å². The van der Waals surface area contributed by atoms with Crippen molar-refractivity contribution in [3.8, 4) is 0 Å². The Balaban J connectivity index is 1.87. The number of nitrogens with zero attached hydrogens (tertiary/aromatic N) is 1. The minimum absolute atomic E-state index is 0.202. The monoisotopic (exact) mass is 317 g/mol. The Kier molecular flexibility index (Phi) is 3.58. The largest absolute Gasteiger partial charge is 0.417 e. The van der Waals surface area contributed by atoms with Gasteiger partial charge in [0.2, 0.25) is 0 Å². The first-order valence-electron chi connectivity index (χ1n) is 6.85. The van der Waals surface area contributed by atoms with Crippen LogP contribution in [-0.4, -0.2) is 15.9 Å². The predicted octanol–water partition coefficient (Wildman–Crippen LogP) is 3.26. The molecule has 0 spiro atoms. The Bertz CT molecular complexity index is 904. The number of benzene rings is 1. The van der Waals surface area contributed by atoms with Gasteiger partial charge in [0.05, 0.1) is 16.2 Å². The number of thiazole rings is 1. The average molecular weight is 317 g/mol. The number of carbonyl (C=O) groups excluding carboxylic acids is 1. The molecule has 0 aliphatic carbocycles. The van der Waals surface area contributed by atoms with E-state index >= 15 is 0 Å². The molecule has 2 heterocycles. The van der Waals surface area contributed by atoms with Crippen LogP contribution in [0.3, 0.4) is 0 Å². The van der Waals surface area contributed by atoms with Crippen molar-refractivity contribution in [2.24, 2.45) is 0 Å². The van der Waals surface area contributed by atoms with Gasteiger partial charge in [0.25, 0.3) is 5.91 Å². The van der Waals surface area contributed by atoms with Gasteiger partial charge in [-0.1, -0.05) is 13.8 Å². The third-order valence-electron chi connectivity index (χ3n) is 3.19. The first kappa shape index (κ1) is 14.5. The highest BCUT2D eigenvalue weighted by Crippen LogP contribution is 2.25. The third-order valence-corrected chi connectivity index (χ3v) is 4.65. The second kappa shape index (κ2) is 5.42. The Hall–Kier alpha value is -2.41. The predicted molar refractivity (Wildman–Crippen MR) is 85.7 cm³/mol. The van der Waals surface area contributed by atoms with Crippen molar-refractivity contribution in [2.45, 2.75) is 26.7 Å². The molecule has 0 fully saturated rings. The SMILES string of the molecule is Cc1nc(C(C)C)sc1C(=O)Nc1ccc2oc(=O)[nH]c2c1. The lowest BCUT2D eigenvalue weighted by Crippen LogP contribution is -2.11. The number of fused-ring (bicyclic) bond motifs is 1. The Labute approximate surface area is 130 Å². The van der Waals surface area contributed by atoms with Gasteiger partial charge in [-0.25, -0.2) is 9.78 Å². The third kappa shape index (κ3) is 2.67. The van der Waals surface area contributed by atoms with Crippen LogP contribution in [0.5, 0.6) is 0 Å². The van der Waals surface area contributed by atoms with Crippen LogP contribution in [0.2, 0.25) is 0 Å². The molecule has 3 rings (SSSR count). The number of nitrogens with one attached hydrogen (secondary N) is 2. The summed E-state index contributed by atoms with van der Waals surface area (Å²) in [6, 6.07) is 5.00. The molecule has 7 heteroatoms. The second-order valence-electron chi connectivity index (χ2n) is 5.30. The van der Waals surface area contributed by atoms with Crippen molar-refractivity contribution in [1.29, 1.82) is 0 Å². The summed E-state index contributed by atoms with van der Waals surface area (Å²) >= 11 is 1.40. The number of hydrogen-bond donors (Lipinski definition) is 2. The molecule has 6 nitrogen and oxygen atoms in total. The van der Waals surface area contributed by atoms with Gasteiger partial charge in [0.15, 0.2) is 5.58 Å². The van der Waals surface area contributed by atoms with E-state index in [4.69, 9.17) is 4.42 Å². The molecule has 2 aromatic heterocycles. The van der Waals surface area contributed by atoms with Gasteiger partial charge >= 0.3 is 5.76 Å². The zero-order chi connectivity index (χ0) is 15.9. The minimum atomic E-state index is -0.515. The maximum absolute atomic E-state index is 12.4. The van der Waals surface area contributed by atoms with E-state index in [1.54, 1.807) is 18.2 Å². The lowest BCUT2D eigenvalue weighted by atomic mass is 10.2. The molecule has 0 saturated heterocycles. The number of aromatic amines is 1. The fourth-order valence-corrected chi connectivity index (χ4v) is 3.06. The molecule has 2 N–H and O–H groups in total. The number of hydrogen-bond acceptors (Lipinski definition) is 5. The normalized spacial score (nSPS) is 11.3. The van der Waals surface area contributed by atoms with Gasteiger partial charge in [-0.15, -0.1) is 11.3 Å². The molecule has 22 heavy (non-hydrogen) atoms. The van der Waals surface area contributed by atoms with Crippen molar-refractivity contribution in [3.63, 3.8) is 0 Å². The van der Waals surface area contributed by atoms with Crippen LogP contribution in [0.4, 0.5) is 5.69 Å². The summed E-state index contributed by atoms with van der Waals surface area (Å²) in [7, 11) is 0. The van der Waals surface area contributed by atoms with Crippen LogP contribution in [0, 0.1) is 6.92 Å². The number of aromatic nitrogens is 2. The molecule has 114 valence electrons. The van der Waals surface area contributed by atoms with Gasteiger partial charge in [0.1, 0.15) is 4.88 Å². The van der Waals surface area contributed by atoms with Gasteiger partial charge < -0.3 is 9.73 Å². The van der Waals surface area contributed by atoms with Crippen LogP contribution < -0.4 is 11.1 Å². The summed E-state index contributed by atoms with van der Waals surface area (Å²) in [4.78, 5) is 31.1. The van der Waals surface area contributed by atoms with Crippen LogP contribution in [0.1, 0.15) is 40.1 Å². The summed E-state index contributed by atoms with van der Waals surface area (Å²) in [6.45, 7) is 5.92. The molecule has 0 aliphatic rings. The maximum Gasteiger partial charge on any atom is 0.417 e. The van der Waals surface area contributed by atoms with Crippen molar-refractivity contribution in [2.75, 3.05) is 5.32 Å². The first-order valence-corrected chi connectivity index (χ1v) is 7.67. The lowest BCUT2D eigenvalue weighted by molar-refractivity contribution is 0.103. The minimum Gasteiger partial charge on any atom is -0.408 e. The fraction of sp³-hybridized carbons (Fsp3) is 0.267. The molecule has 0 saturated carbocycles. The van der Waals surface area contributed by atoms with Crippen molar-refractivity contribution in [3.05, 3.63) is 44.3 Å². The van der Waals surface area contributed by atoms with Crippen LogP contribution in [0.25, 0.3) is 11.1 Å². The van der Waals surface area contributed by atoms with E-state index in [2.05, 4.69) is 15.3 Å². The van der Waals surface area contributed by atoms with Gasteiger partial charge in [-0.3, -0.25) is 9.78 Å². The Morgan fingerprint density at radius 1 is 1.41 bits per heavy atom. The molecule has 0 unspecified atom stereocenters. The van der Waals surface area contributed by atoms with Crippen LogP contribution in [0.15, 0.2) is 27.4 Å². The molecule has 3 aromatic rings. The molecule has 1 amide bonds. The summed E-state index contributed by atoms with van der Waals surface area (Å²) in [6.07, 6.45) is 0. The summed E-state index contributed by atoms with van der Waals surface area (Å²) in [5, 5.41) is 3.76. The highest BCUT2D eigenvalue weighted by molar-refractivity contribution is 7.14. The van der Waals surface area contributed by atoms with Crippen molar-refractivity contribution >= 4 is 34.0 Å². The number of oxazole rings is 1. The zero-order valence-corrected chi connectivity index (χ0v) is 13.2. The van der Waals surface area contributed by atoms with Crippen LogP contribution >= 0.6 is 11.3 Å². The zero-order valence-electron chi connectivity index (χ0n) is 12.4.